The van der Waals surface area contributed by atoms with Crippen LogP contribution in [0.4, 0.5) is 0 Å². The SMILES string of the molecule is CC(C)Oc1ccc2c(ccn2Cc2ccc(Br)cn2)c1. The monoisotopic (exact) mass is 344 g/mol. The minimum atomic E-state index is 0.191. The summed E-state index contributed by atoms with van der Waals surface area (Å²) in [5.74, 6) is 0.914. The fraction of sp³-hybridized carbons (Fsp3) is 0.235. The van der Waals surface area contributed by atoms with Gasteiger partial charge in [-0.05, 0) is 66.2 Å². The lowest BCUT2D eigenvalue weighted by Gasteiger charge is -2.10. The molecule has 2 heterocycles. The van der Waals surface area contributed by atoms with E-state index in [1.54, 1.807) is 0 Å². The molecule has 4 heteroatoms. The summed E-state index contributed by atoms with van der Waals surface area (Å²) in [5.41, 5.74) is 2.23. The van der Waals surface area contributed by atoms with E-state index in [0.29, 0.717) is 0 Å². The third kappa shape index (κ3) is 3.27. The second kappa shape index (κ2) is 5.90. The summed E-state index contributed by atoms with van der Waals surface area (Å²) in [6.07, 6.45) is 4.11. The van der Waals surface area contributed by atoms with Crippen molar-refractivity contribution in [2.24, 2.45) is 0 Å². The fourth-order valence-corrected chi connectivity index (χ4v) is 2.57. The highest BCUT2D eigenvalue weighted by Crippen LogP contribution is 2.23. The number of pyridine rings is 1. The highest BCUT2D eigenvalue weighted by Gasteiger charge is 2.05. The Kier molecular flexibility index (Phi) is 3.97. The van der Waals surface area contributed by atoms with Crippen molar-refractivity contribution in [3.8, 4) is 5.75 Å². The molecule has 3 rings (SSSR count). The van der Waals surface area contributed by atoms with Crippen LogP contribution < -0.4 is 4.74 Å². The normalized spacial score (nSPS) is 11.2. The van der Waals surface area contributed by atoms with Crippen molar-refractivity contribution in [2.75, 3.05) is 0 Å². The van der Waals surface area contributed by atoms with Crippen LogP contribution in [0.15, 0.2) is 53.3 Å². The maximum atomic E-state index is 5.74. The Balaban J connectivity index is 1.88. The first kappa shape index (κ1) is 14.1. The van der Waals surface area contributed by atoms with Crippen molar-refractivity contribution in [3.05, 3.63) is 59.0 Å². The highest BCUT2D eigenvalue weighted by molar-refractivity contribution is 9.10. The predicted molar refractivity (Wildman–Crippen MR) is 88.7 cm³/mol. The topological polar surface area (TPSA) is 27.1 Å². The van der Waals surface area contributed by atoms with E-state index in [4.69, 9.17) is 4.74 Å². The molecule has 0 N–H and O–H groups in total. The van der Waals surface area contributed by atoms with Gasteiger partial charge in [0.1, 0.15) is 5.75 Å². The van der Waals surface area contributed by atoms with E-state index in [0.717, 1.165) is 22.5 Å². The Bertz CT molecular complexity index is 747. The first-order valence-corrected chi connectivity index (χ1v) is 7.77. The van der Waals surface area contributed by atoms with Gasteiger partial charge in [-0.1, -0.05) is 0 Å². The molecule has 0 fully saturated rings. The molecule has 0 saturated carbocycles. The lowest BCUT2D eigenvalue weighted by atomic mass is 10.2. The first-order valence-electron chi connectivity index (χ1n) is 6.98. The third-order valence-electron chi connectivity index (χ3n) is 3.24. The van der Waals surface area contributed by atoms with Crippen molar-refractivity contribution in [1.82, 2.24) is 9.55 Å². The summed E-state index contributed by atoms with van der Waals surface area (Å²) in [5, 5.41) is 1.19. The van der Waals surface area contributed by atoms with Crippen LogP contribution in [-0.2, 0) is 6.54 Å². The molecule has 0 aliphatic heterocycles. The first-order chi connectivity index (χ1) is 10.1. The summed E-state index contributed by atoms with van der Waals surface area (Å²) < 4.78 is 8.93. The Morgan fingerprint density at radius 3 is 2.76 bits per heavy atom. The summed E-state index contributed by atoms with van der Waals surface area (Å²) in [6, 6.07) is 12.4. The van der Waals surface area contributed by atoms with E-state index < -0.39 is 0 Å². The Morgan fingerprint density at radius 1 is 1.19 bits per heavy atom. The molecule has 3 nitrogen and oxygen atoms in total. The van der Waals surface area contributed by atoms with Crippen molar-refractivity contribution in [1.29, 1.82) is 0 Å². The van der Waals surface area contributed by atoms with Gasteiger partial charge in [0.2, 0.25) is 0 Å². The molecule has 2 aromatic heterocycles. The van der Waals surface area contributed by atoms with Gasteiger partial charge >= 0.3 is 0 Å². The van der Waals surface area contributed by atoms with E-state index in [9.17, 15) is 0 Å². The lowest BCUT2D eigenvalue weighted by molar-refractivity contribution is 0.243. The van der Waals surface area contributed by atoms with Crippen molar-refractivity contribution < 1.29 is 4.74 Å². The average molecular weight is 345 g/mol. The van der Waals surface area contributed by atoms with Gasteiger partial charge in [0.15, 0.2) is 0 Å². The summed E-state index contributed by atoms with van der Waals surface area (Å²) >= 11 is 3.41. The molecule has 0 spiro atoms. The maximum Gasteiger partial charge on any atom is 0.120 e. The van der Waals surface area contributed by atoms with Gasteiger partial charge in [0.05, 0.1) is 18.3 Å². The van der Waals surface area contributed by atoms with Crippen LogP contribution in [0.25, 0.3) is 10.9 Å². The van der Waals surface area contributed by atoms with Crippen LogP contribution in [-0.4, -0.2) is 15.7 Å². The number of hydrogen-bond acceptors (Lipinski definition) is 2. The van der Waals surface area contributed by atoms with Gasteiger partial charge in [0.25, 0.3) is 0 Å². The summed E-state index contributed by atoms with van der Waals surface area (Å²) in [4.78, 5) is 4.42. The maximum absolute atomic E-state index is 5.74. The number of ether oxygens (including phenoxy) is 1. The van der Waals surface area contributed by atoms with Crippen LogP contribution in [0.2, 0.25) is 0 Å². The number of hydrogen-bond donors (Lipinski definition) is 0. The third-order valence-corrected chi connectivity index (χ3v) is 3.70. The second-order valence-corrected chi connectivity index (χ2v) is 6.21. The summed E-state index contributed by atoms with van der Waals surface area (Å²) in [6.45, 7) is 4.84. The minimum Gasteiger partial charge on any atom is -0.491 e. The smallest absolute Gasteiger partial charge is 0.120 e. The molecule has 21 heavy (non-hydrogen) atoms. The van der Waals surface area contributed by atoms with Crippen LogP contribution >= 0.6 is 15.9 Å². The van der Waals surface area contributed by atoms with Crippen LogP contribution in [0.3, 0.4) is 0 Å². The molecule has 3 aromatic rings. The van der Waals surface area contributed by atoms with E-state index in [1.165, 1.54) is 10.9 Å². The molecule has 0 radical (unpaired) electrons. The van der Waals surface area contributed by atoms with E-state index >= 15 is 0 Å². The minimum absolute atomic E-state index is 0.191. The van der Waals surface area contributed by atoms with Gasteiger partial charge in [-0.25, -0.2) is 0 Å². The van der Waals surface area contributed by atoms with Gasteiger partial charge in [-0.2, -0.15) is 0 Å². The molecule has 0 atom stereocenters. The zero-order chi connectivity index (χ0) is 14.8. The number of halogens is 1. The summed E-state index contributed by atoms with van der Waals surface area (Å²) in [7, 11) is 0. The fourth-order valence-electron chi connectivity index (χ4n) is 2.34. The molecule has 0 saturated heterocycles. The Morgan fingerprint density at radius 2 is 2.05 bits per heavy atom. The highest BCUT2D eigenvalue weighted by atomic mass is 79.9. The number of fused-ring (bicyclic) bond motifs is 1. The molecular formula is C17H17BrN2O. The second-order valence-electron chi connectivity index (χ2n) is 5.30. The van der Waals surface area contributed by atoms with Gasteiger partial charge in [-0.3, -0.25) is 4.98 Å². The van der Waals surface area contributed by atoms with Crippen LogP contribution in [0, 0.1) is 0 Å². The van der Waals surface area contributed by atoms with Crippen LogP contribution in [0.5, 0.6) is 5.75 Å². The molecule has 0 bridgehead atoms. The zero-order valence-electron chi connectivity index (χ0n) is 12.1. The standard InChI is InChI=1S/C17H17BrN2O/c1-12(2)21-16-5-6-17-13(9-16)7-8-20(17)11-15-4-3-14(18)10-19-15/h3-10,12H,11H2,1-2H3. The van der Waals surface area contributed by atoms with Crippen LogP contribution in [0.1, 0.15) is 19.5 Å². The van der Waals surface area contributed by atoms with Crippen molar-refractivity contribution in [3.63, 3.8) is 0 Å². The van der Waals surface area contributed by atoms with E-state index in [2.05, 4.69) is 49.9 Å². The molecule has 0 aliphatic rings. The molecule has 0 unspecified atom stereocenters. The quantitative estimate of drug-likeness (QED) is 0.689. The van der Waals surface area contributed by atoms with E-state index in [-0.39, 0.29) is 6.10 Å². The Labute approximate surface area is 132 Å². The van der Waals surface area contributed by atoms with Gasteiger partial charge in [-0.15, -0.1) is 0 Å². The predicted octanol–water partition coefficient (Wildman–Crippen LogP) is 4.63. The number of nitrogens with zero attached hydrogens (tertiary/aromatic N) is 2. The molecule has 1 aromatic carbocycles. The molecule has 108 valence electrons. The zero-order valence-corrected chi connectivity index (χ0v) is 13.7. The number of aromatic nitrogens is 2. The molecule has 0 amide bonds. The van der Waals surface area contributed by atoms with Gasteiger partial charge < -0.3 is 9.30 Å². The van der Waals surface area contributed by atoms with Crippen molar-refractivity contribution >= 4 is 26.8 Å². The lowest BCUT2D eigenvalue weighted by Crippen LogP contribution is -2.05. The average Bonchev–Trinajstić information content (AvgIpc) is 2.83. The molecule has 0 aliphatic carbocycles. The Hall–Kier alpha value is -1.81. The largest absolute Gasteiger partial charge is 0.491 e. The van der Waals surface area contributed by atoms with Crippen molar-refractivity contribution in [2.45, 2.75) is 26.5 Å². The number of rotatable bonds is 4. The van der Waals surface area contributed by atoms with Gasteiger partial charge in [0, 0.05) is 27.8 Å². The van der Waals surface area contributed by atoms with E-state index in [1.807, 2.05) is 38.2 Å². The number of benzene rings is 1. The molecular weight excluding hydrogens is 328 g/mol.